The van der Waals surface area contributed by atoms with Crippen LogP contribution in [-0.2, 0) is 9.59 Å². The number of nitrogens with zero attached hydrogens (tertiary/aromatic N) is 1. The fourth-order valence-corrected chi connectivity index (χ4v) is 4.32. The van der Waals surface area contributed by atoms with Crippen LogP contribution >= 0.6 is 23.2 Å². The van der Waals surface area contributed by atoms with Crippen molar-refractivity contribution >= 4 is 40.7 Å². The zero-order chi connectivity index (χ0) is 22.7. The number of methoxy groups -OCH3 is 1. The van der Waals surface area contributed by atoms with Crippen LogP contribution in [0.25, 0.3) is 5.76 Å². The van der Waals surface area contributed by atoms with Gasteiger partial charge in [0, 0.05) is 17.1 Å². The summed E-state index contributed by atoms with van der Waals surface area (Å²) in [7, 11) is 1.35. The Morgan fingerprint density at radius 3 is 2.55 bits per heavy atom. The average Bonchev–Trinajstić information content (AvgIpc) is 2.98. The summed E-state index contributed by atoms with van der Waals surface area (Å²) in [6.45, 7) is 2.26. The first kappa shape index (κ1) is 23.1. The molecule has 1 amide bonds. The van der Waals surface area contributed by atoms with Gasteiger partial charge in [0.05, 0.1) is 29.3 Å². The number of Topliss-reactive ketones (excluding diaryl/α,β-unsaturated/α-hetero) is 1. The Labute approximate surface area is 190 Å². The number of carbonyl (C=O) groups excluding carboxylic acids is 2. The van der Waals surface area contributed by atoms with Crippen molar-refractivity contribution in [3.05, 3.63) is 69.0 Å². The Hall–Kier alpha value is -2.57. The van der Waals surface area contributed by atoms with E-state index in [1.165, 1.54) is 42.3 Å². The van der Waals surface area contributed by atoms with Gasteiger partial charge in [-0.05, 0) is 24.6 Å². The fraction of sp³-hybridized carbons (Fsp3) is 0.304. The van der Waals surface area contributed by atoms with E-state index in [4.69, 9.17) is 27.9 Å². The maximum atomic E-state index is 14.7. The molecule has 31 heavy (non-hydrogen) atoms. The Morgan fingerprint density at radius 1 is 1.19 bits per heavy atom. The molecule has 0 saturated carbocycles. The predicted molar refractivity (Wildman–Crippen MR) is 118 cm³/mol. The van der Waals surface area contributed by atoms with Crippen molar-refractivity contribution in [3.8, 4) is 5.75 Å². The van der Waals surface area contributed by atoms with E-state index in [9.17, 15) is 19.1 Å². The summed E-state index contributed by atoms with van der Waals surface area (Å²) in [6, 6.07) is 7.59. The summed E-state index contributed by atoms with van der Waals surface area (Å²) in [5.74, 6) is -2.71. The lowest BCUT2D eigenvalue weighted by atomic mass is 9.94. The third kappa shape index (κ3) is 4.41. The molecule has 0 aromatic heterocycles. The van der Waals surface area contributed by atoms with E-state index in [2.05, 4.69) is 0 Å². The maximum absolute atomic E-state index is 14.7. The van der Waals surface area contributed by atoms with Crippen LogP contribution in [0.4, 0.5) is 4.39 Å². The summed E-state index contributed by atoms with van der Waals surface area (Å²) >= 11 is 12.3. The lowest BCUT2D eigenvalue weighted by Gasteiger charge is -2.25. The molecular weight excluding hydrogens is 444 g/mol. The monoisotopic (exact) mass is 465 g/mol. The molecule has 1 aliphatic rings. The highest BCUT2D eigenvalue weighted by atomic mass is 35.5. The van der Waals surface area contributed by atoms with Crippen LogP contribution in [0.2, 0.25) is 10.0 Å². The van der Waals surface area contributed by atoms with Crippen molar-refractivity contribution in [2.75, 3.05) is 13.7 Å². The largest absolute Gasteiger partial charge is 0.507 e. The third-order valence-electron chi connectivity index (χ3n) is 5.21. The van der Waals surface area contributed by atoms with Crippen molar-refractivity contribution in [1.82, 2.24) is 4.90 Å². The van der Waals surface area contributed by atoms with Crippen LogP contribution in [0.3, 0.4) is 0 Å². The molecule has 3 rings (SSSR count). The minimum atomic E-state index is -1.08. The zero-order valence-electron chi connectivity index (χ0n) is 17.1. The summed E-state index contributed by atoms with van der Waals surface area (Å²) in [6.07, 6.45) is 2.39. The number of aliphatic hydroxyl groups is 1. The van der Waals surface area contributed by atoms with Crippen molar-refractivity contribution in [2.45, 2.75) is 32.2 Å². The molecule has 1 aliphatic heterocycles. The molecule has 5 nitrogen and oxygen atoms in total. The standard InChI is InChI=1S/C23H22Cl2FNO4/c1-3-4-7-10-27-19(14-8-5-6-9-17(14)26)18(21(29)23(27)30)20(28)15-11-13(24)12-16(25)22(15)31-2/h5-6,8-9,11-12,19,28H,3-4,7,10H2,1-2H3/b20-18+. The molecule has 1 saturated heterocycles. The van der Waals surface area contributed by atoms with Crippen molar-refractivity contribution in [2.24, 2.45) is 0 Å². The van der Waals surface area contributed by atoms with E-state index in [0.717, 1.165) is 12.8 Å². The first-order valence-electron chi connectivity index (χ1n) is 9.88. The van der Waals surface area contributed by atoms with Crippen molar-refractivity contribution in [3.63, 3.8) is 0 Å². The fourth-order valence-electron chi connectivity index (χ4n) is 3.75. The van der Waals surface area contributed by atoms with Gasteiger partial charge >= 0.3 is 0 Å². The SMILES string of the molecule is CCCCCN1C(=O)C(=O)/C(=C(/O)c2cc(Cl)cc(Cl)c2OC)C1c1ccccc1F. The number of rotatable bonds is 7. The molecule has 0 spiro atoms. The highest BCUT2D eigenvalue weighted by Gasteiger charge is 2.47. The molecule has 164 valence electrons. The third-order valence-corrected chi connectivity index (χ3v) is 5.71. The Morgan fingerprint density at radius 2 is 1.90 bits per heavy atom. The number of halogens is 3. The number of ketones is 1. The van der Waals surface area contributed by atoms with Gasteiger partial charge in [-0.2, -0.15) is 0 Å². The average molecular weight is 466 g/mol. The number of benzene rings is 2. The molecule has 0 aliphatic carbocycles. The first-order chi connectivity index (χ1) is 14.8. The second kappa shape index (κ2) is 9.71. The number of carbonyl (C=O) groups is 2. The molecular formula is C23H22Cl2FNO4. The summed E-state index contributed by atoms with van der Waals surface area (Å²) in [4.78, 5) is 27.1. The maximum Gasteiger partial charge on any atom is 0.295 e. The van der Waals surface area contributed by atoms with Gasteiger partial charge in [-0.1, -0.05) is 61.2 Å². The number of amides is 1. The van der Waals surface area contributed by atoms with Gasteiger partial charge in [0.25, 0.3) is 11.7 Å². The van der Waals surface area contributed by atoms with E-state index >= 15 is 0 Å². The number of hydrogen-bond acceptors (Lipinski definition) is 4. The van der Waals surface area contributed by atoms with Crippen LogP contribution in [0, 0.1) is 5.82 Å². The van der Waals surface area contributed by atoms with Crippen molar-refractivity contribution < 1.29 is 23.8 Å². The lowest BCUT2D eigenvalue weighted by Crippen LogP contribution is -2.31. The van der Waals surface area contributed by atoms with Gasteiger partial charge in [0.15, 0.2) is 0 Å². The van der Waals surface area contributed by atoms with E-state index in [0.29, 0.717) is 6.42 Å². The van der Waals surface area contributed by atoms with E-state index < -0.39 is 29.3 Å². The molecule has 1 fully saturated rings. The molecule has 0 bridgehead atoms. The molecule has 1 atom stereocenters. The minimum Gasteiger partial charge on any atom is -0.507 e. The summed E-state index contributed by atoms with van der Waals surface area (Å²) < 4.78 is 20.0. The quantitative estimate of drug-likeness (QED) is 0.244. The van der Waals surface area contributed by atoms with Gasteiger partial charge in [-0.3, -0.25) is 9.59 Å². The predicted octanol–water partition coefficient (Wildman–Crippen LogP) is 5.75. The second-order valence-corrected chi connectivity index (χ2v) is 8.03. The number of hydrogen-bond donors (Lipinski definition) is 1. The molecule has 2 aromatic carbocycles. The topological polar surface area (TPSA) is 66.8 Å². The normalized spacial score (nSPS) is 18.0. The van der Waals surface area contributed by atoms with Crippen LogP contribution in [0.5, 0.6) is 5.75 Å². The highest BCUT2D eigenvalue weighted by Crippen LogP contribution is 2.43. The zero-order valence-corrected chi connectivity index (χ0v) is 18.6. The van der Waals surface area contributed by atoms with Crippen LogP contribution in [0.1, 0.15) is 43.4 Å². The van der Waals surface area contributed by atoms with Crippen LogP contribution in [0.15, 0.2) is 42.0 Å². The molecule has 1 unspecified atom stereocenters. The van der Waals surface area contributed by atoms with Gasteiger partial charge < -0.3 is 14.7 Å². The number of aliphatic hydroxyl groups excluding tert-OH is 1. The van der Waals surface area contributed by atoms with Gasteiger partial charge in [0.2, 0.25) is 0 Å². The van der Waals surface area contributed by atoms with E-state index in [1.54, 1.807) is 6.07 Å². The molecule has 1 heterocycles. The van der Waals surface area contributed by atoms with Crippen LogP contribution in [-0.4, -0.2) is 35.4 Å². The summed E-state index contributed by atoms with van der Waals surface area (Å²) in [5.41, 5.74) is -0.0667. The second-order valence-electron chi connectivity index (χ2n) is 7.19. The number of ether oxygens (including phenoxy) is 1. The molecule has 8 heteroatoms. The van der Waals surface area contributed by atoms with Gasteiger partial charge in [0.1, 0.15) is 17.3 Å². The minimum absolute atomic E-state index is 0.0490. The summed E-state index contributed by atoms with van der Waals surface area (Å²) in [5, 5.41) is 11.5. The lowest BCUT2D eigenvalue weighted by molar-refractivity contribution is -0.139. The Balaban J connectivity index is 2.24. The Bertz CT molecular complexity index is 1050. The number of unbranched alkanes of at least 4 members (excludes halogenated alkanes) is 2. The smallest absolute Gasteiger partial charge is 0.295 e. The first-order valence-corrected chi connectivity index (χ1v) is 10.6. The Kier molecular flexibility index (Phi) is 7.23. The molecule has 2 aromatic rings. The van der Waals surface area contributed by atoms with Crippen LogP contribution < -0.4 is 4.74 Å². The van der Waals surface area contributed by atoms with Crippen molar-refractivity contribution in [1.29, 1.82) is 0 Å². The highest BCUT2D eigenvalue weighted by molar-refractivity contribution is 6.46. The molecule has 1 N–H and O–H groups in total. The molecule has 0 radical (unpaired) electrons. The van der Waals surface area contributed by atoms with Gasteiger partial charge in [-0.15, -0.1) is 0 Å². The number of likely N-dealkylation sites (tertiary alicyclic amines) is 1. The van der Waals surface area contributed by atoms with E-state index in [1.807, 2.05) is 6.92 Å². The van der Waals surface area contributed by atoms with E-state index in [-0.39, 0.29) is 39.0 Å². The van der Waals surface area contributed by atoms with Gasteiger partial charge in [-0.25, -0.2) is 4.39 Å².